The summed E-state index contributed by atoms with van der Waals surface area (Å²) in [5.41, 5.74) is 1.02. The van der Waals surface area contributed by atoms with Gasteiger partial charge in [0.05, 0.1) is 0 Å². The number of carboxylic acid groups (broad SMARTS) is 1. The highest BCUT2D eigenvalue weighted by Gasteiger charge is 2.73. The number of halogens is 1. The van der Waals surface area contributed by atoms with E-state index in [0.717, 1.165) is 25.7 Å². The third-order valence-corrected chi connectivity index (χ3v) is 15.8. The number of carboxylic acids is 1. The fourth-order valence-corrected chi connectivity index (χ4v) is 13.3. The minimum Gasteiger partial charge on any atom is -0.481 e. The molecule has 0 radical (unpaired) electrons. The van der Waals surface area contributed by atoms with Crippen LogP contribution in [0.15, 0.2) is 0 Å². The Morgan fingerprint density at radius 2 is 1.43 bits per heavy atom. The second-order valence-electron chi connectivity index (χ2n) is 16.6. The first-order valence-electron chi connectivity index (χ1n) is 15.6. The molecule has 6 rings (SSSR count). The van der Waals surface area contributed by atoms with Crippen molar-refractivity contribution >= 4 is 22.8 Å². The number of fused-ring (bicyclic) bond motifs is 7. The summed E-state index contributed by atoms with van der Waals surface area (Å²) < 4.78 is 0. The molecule has 0 amide bonds. The van der Waals surface area contributed by atoms with Gasteiger partial charge >= 0.3 is 5.97 Å². The van der Waals surface area contributed by atoms with E-state index >= 15 is 0 Å². The molecule has 0 aromatic heterocycles. The molecule has 4 heteroatoms. The molecular weight excluding hydrogens is 480 g/mol. The van der Waals surface area contributed by atoms with Gasteiger partial charge in [-0.25, -0.2) is 0 Å². The van der Waals surface area contributed by atoms with Crippen LogP contribution in [-0.2, 0) is 9.59 Å². The van der Waals surface area contributed by atoms with Gasteiger partial charge in [0, 0.05) is 11.8 Å². The zero-order valence-electron chi connectivity index (χ0n) is 24.3. The maximum Gasteiger partial charge on any atom is 0.303 e. The Hall–Kier alpha value is -0.570. The quantitative estimate of drug-likeness (QED) is 0.369. The molecule has 6 aliphatic carbocycles. The van der Waals surface area contributed by atoms with E-state index in [1.165, 1.54) is 51.4 Å². The highest BCUT2D eigenvalue weighted by Crippen LogP contribution is 2.79. The minimum absolute atomic E-state index is 0.0206. The predicted octanol–water partition coefficient (Wildman–Crippen LogP) is 8.72. The van der Waals surface area contributed by atoms with Gasteiger partial charge in [-0.3, -0.25) is 9.59 Å². The Morgan fingerprint density at radius 3 is 2.05 bits per heavy atom. The monoisotopic (exact) mass is 530 g/mol. The SMILES string of the molecule is CC1([C@@H]2CC[C@]3(C(=O)Cl)CC[C@]4(C)[C@H](CC[C@@H]5[C@]6(C)CC[C@@H](CC(=O)O)C(C)(C)[C@H]6CC[C@]54C)[C@@H]23)CC1. The number of carbonyl (C=O) groups is 2. The Kier molecular flexibility index (Phi) is 5.76. The van der Waals surface area contributed by atoms with Crippen molar-refractivity contribution in [3.8, 4) is 0 Å². The molecule has 208 valence electrons. The molecule has 0 heterocycles. The Labute approximate surface area is 230 Å². The molecule has 3 nitrogen and oxygen atoms in total. The largest absolute Gasteiger partial charge is 0.481 e. The Bertz CT molecular complexity index is 1000. The maximum atomic E-state index is 13.2. The van der Waals surface area contributed by atoms with Crippen LogP contribution in [0.4, 0.5) is 0 Å². The molecule has 0 spiro atoms. The zero-order chi connectivity index (χ0) is 26.8. The summed E-state index contributed by atoms with van der Waals surface area (Å²) in [6, 6.07) is 0. The van der Waals surface area contributed by atoms with Gasteiger partial charge in [-0.2, -0.15) is 0 Å². The standard InChI is InChI=1S/C33H51ClO3/c1-28(2)20(19-25(35)36)9-12-30(4)23(28)11-13-32(6)24(30)8-7-22-26-21(29(3)15-16-29)10-14-33(26,27(34)37)18-17-31(22,32)5/h20-24,26H,7-19H2,1-6H3,(H,35,36)/t20-,21+,22+,23+,24+,26+,30+,31+,32+,33-/m0/s1. The molecule has 10 atom stereocenters. The fraction of sp³-hybridized carbons (Fsp3) is 0.939. The van der Waals surface area contributed by atoms with Gasteiger partial charge in [-0.15, -0.1) is 0 Å². The lowest BCUT2D eigenvalue weighted by atomic mass is 9.32. The lowest BCUT2D eigenvalue weighted by Crippen LogP contribution is -2.66. The molecular formula is C33H51ClO3. The van der Waals surface area contributed by atoms with Gasteiger partial charge in [-0.1, -0.05) is 41.5 Å². The molecule has 0 aromatic rings. The van der Waals surface area contributed by atoms with Crippen LogP contribution in [0.5, 0.6) is 0 Å². The molecule has 6 saturated carbocycles. The molecule has 0 aliphatic heterocycles. The van der Waals surface area contributed by atoms with Gasteiger partial charge in [0.2, 0.25) is 5.24 Å². The van der Waals surface area contributed by atoms with Crippen molar-refractivity contribution < 1.29 is 14.7 Å². The second kappa shape index (κ2) is 8.01. The number of hydrogen-bond donors (Lipinski definition) is 1. The summed E-state index contributed by atoms with van der Waals surface area (Å²) in [6.45, 7) is 15.2. The van der Waals surface area contributed by atoms with Crippen molar-refractivity contribution in [2.75, 3.05) is 0 Å². The van der Waals surface area contributed by atoms with Crippen LogP contribution in [0, 0.1) is 68.0 Å². The summed E-state index contributed by atoms with van der Waals surface area (Å²) in [6.07, 6.45) is 14.6. The van der Waals surface area contributed by atoms with E-state index in [-0.39, 0.29) is 38.2 Å². The van der Waals surface area contributed by atoms with Crippen molar-refractivity contribution in [3.63, 3.8) is 0 Å². The summed E-state index contributed by atoms with van der Waals surface area (Å²) in [5, 5.41) is 9.61. The van der Waals surface area contributed by atoms with E-state index in [4.69, 9.17) is 11.6 Å². The van der Waals surface area contributed by atoms with E-state index in [1.807, 2.05) is 0 Å². The van der Waals surface area contributed by atoms with Crippen molar-refractivity contribution in [1.82, 2.24) is 0 Å². The van der Waals surface area contributed by atoms with Crippen molar-refractivity contribution in [1.29, 1.82) is 0 Å². The van der Waals surface area contributed by atoms with Gasteiger partial charge in [0.15, 0.2) is 0 Å². The van der Waals surface area contributed by atoms with Gasteiger partial charge in [0.25, 0.3) is 0 Å². The van der Waals surface area contributed by atoms with Crippen LogP contribution in [0.3, 0.4) is 0 Å². The third-order valence-electron chi connectivity index (χ3n) is 15.4. The zero-order valence-corrected chi connectivity index (χ0v) is 25.1. The van der Waals surface area contributed by atoms with Crippen molar-refractivity contribution in [2.45, 2.75) is 125 Å². The van der Waals surface area contributed by atoms with Crippen LogP contribution in [0.1, 0.15) is 125 Å². The Morgan fingerprint density at radius 1 is 0.730 bits per heavy atom. The fourth-order valence-electron chi connectivity index (χ4n) is 12.9. The lowest BCUT2D eigenvalue weighted by Gasteiger charge is -2.73. The van der Waals surface area contributed by atoms with Gasteiger partial charge in [0.1, 0.15) is 0 Å². The molecule has 37 heavy (non-hydrogen) atoms. The predicted molar refractivity (Wildman–Crippen MR) is 148 cm³/mol. The first-order valence-corrected chi connectivity index (χ1v) is 16.0. The van der Waals surface area contributed by atoms with E-state index in [9.17, 15) is 14.7 Å². The van der Waals surface area contributed by atoms with E-state index < -0.39 is 5.97 Å². The average molecular weight is 531 g/mol. The summed E-state index contributed by atoms with van der Waals surface area (Å²) in [4.78, 5) is 24.9. The topological polar surface area (TPSA) is 54.4 Å². The van der Waals surface area contributed by atoms with Crippen molar-refractivity contribution in [3.05, 3.63) is 0 Å². The number of carbonyl (C=O) groups excluding carboxylic acids is 1. The molecule has 6 aliphatic rings. The summed E-state index contributed by atoms with van der Waals surface area (Å²) in [7, 11) is 0. The smallest absolute Gasteiger partial charge is 0.303 e. The van der Waals surface area contributed by atoms with E-state index in [2.05, 4.69) is 41.5 Å². The first-order chi connectivity index (χ1) is 17.2. The van der Waals surface area contributed by atoms with E-state index in [1.54, 1.807) is 0 Å². The number of rotatable bonds is 4. The Balaban J connectivity index is 1.37. The molecule has 0 bridgehead atoms. The summed E-state index contributed by atoms with van der Waals surface area (Å²) >= 11 is 6.55. The summed E-state index contributed by atoms with van der Waals surface area (Å²) in [5.74, 6) is 2.65. The number of hydrogen-bond acceptors (Lipinski definition) is 2. The third kappa shape index (κ3) is 3.31. The van der Waals surface area contributed by atoms with Crippen LogP contribution in [0.2, 0.25) is 0 Å². The first kappa shape index (κ1) is 26.6. The van der Waals surface area contributed by atoms with Gasteiger partial charge in [-0.05, 0) is 151 Å². The highest BCUT2D eigenvalue weighted by molar-refractivity contribution is 6.64. The lowest BCUT2D eigenvalue weighted by molar-refractivity contribution is -0.243. The van der Waals surface area contributed by atoms with Gasteiger partial charge < -0.3 is 5.11 Å². The van der Waals surface area contributed by atoms with Crippen LogP contribution < -0.4 is 0 Å². The number of aliphatic carboxylic acids is 1. The van der Waals surface area contributed by atoms with Crippen LogP contribution in [0.25, 0.3) is 0 Å². The molecule has 0 aromatic carbocycles. The molecule has 0 saturated heterocycles. The highest BCUT2D eigenvalue weighted by atomic mass is 35.5. The molecule has 0 unspecified atom stereocenters. The van der Waals surface area contributed by atoms with Crippen molar-refractivity contribution in [2.24, 2.45) is 68.0 Å². The van der Waals surface area contributed by atoms with Crippen LogP contribution >= 0.6 is 11.6 Å². The maximum absolute atomic E-state index is 13.2. The average Bonchev–Trinajstić information content (AvgIpc) is 3.41. The van der Waals surface area contributed by atoms with Crippen LogP contribution in [-0.4, -0.2) is 16.3 Å². The molecule has 6 fully saturated rings. The van der Waals surface area contributed by atoms with E-state index in [0.29, 0.717) is 41.4 Å². The second-order valence-corrected chi connectivity index (χ2v) is 16.9. The normalized spacial score (nSPS) is 53.3. The molecule has 1 N–H and O–H groups in total. The minimum atomic E-state index is -0.634.